The van der Waals surface area contributed by atoms with Crippen LogP contribution in [0.2, 0.25) is 0 Å². The Kier molecular flexibility index (Phi) is 4.12. The van der Waals surface area contributed by atoms with E-state index in [1.54, 1.807) is 24.3 Å². The number of ketones is 2. The first kappa shape index (κ1) is 15.0. The lowest BCUT2D eigenvalue weighted by atomic mass is 9.83. The van der Waals surface area contributed by atoms with Gasteiger partial charge in [-0.15, -0.1) is 0 Å². The number of nitrogens with one attached hydrogen (secondary N) is 1. The van der Waals surface area contributed by atoms with Gasteiger partial charge in [-0.2, -0.15) is 0 Å². The van der Waals surface area contributed by atoms with Crippen molar-refractivity contribution in [1.29, 1.82) is 0 Å². The van der Waals surface area contributed by atoms with Gasteiger partial charge >= 0.3 is 0 Å². The highest BCUT2D eigenvalue weighted by Crippen LogP contribution is 2.36. The molecule has 22 heavy (non-hydrogen) atoms. The van der Waals surface area contributed by atoms with Crippen molar-refractivity contribution >= 4 is 33.2 Å². The third kappa shape index (κ3) is 2.37. The molecule has 0 radical (unpaired) electrons. The van der Waals surface area contributed by atoms with Gasteiger partial charge in [-0.3, -0.25) is 9.59 Å². The Balaban J connectivity index is 2.14. The summed E-state index contributed by atoms with van der Waals surface area (Å²) < 4.78 is 0.663. The third-order valence-electron chi connectivity index (χ3n) is 3.87. The van der Waals surface area contributed by atoms with Crippen molar-refractivity contribution in [3.05, 3.63) is 63.1 Å². The highest BCUT2D eigenvalue weighted by atomic mass is 79.9. The van der Waals surface area contributed by atoms with Crippen molar-refractivity contribution in [3.8, 4) is 0 Å². The fraction of sp³-hybridized carbons (Fsp3) is 0.222. The topological polar surface area (TPSA) is 46.2 Å². The van der Waals surface area contributed by atoms with Crippen molar-refractivity contribution in [2.75, 3.05) is 11.9 Å². The summed E-state index contributed by atoms with van der Waals surface area (Å²) in [6.45, 7) is 2.90. The molecule has 0 bridgehead atoms. The molecule has 112 valence electrons. The summed E-state index contributed by atoms with van der Waals surface area (Å²) in [6, 6.07) is 10.7. The number of halogens is 1. The van der Waals surface area contributed by atoms with Crippen LogP contribution < -0.4 is 5.32 Å². The van der Waals surface area contributed by atoms with E-state index in [0.29, 0.717) is 26.7 Å². The van der Waals surface area contributed by atoms with Gasteiger partial charge in [-0.25, -0.2) is 0 Å². The third-order valence-corrected chi connectivity index (χ3v) is 4.53. The van der Waals surface area contributed by atoms with Crippen molar-refractivity contribution < 1.29 is 9.59 Å². The minimum Gasteiger partial charge on any atom is -0.384 e. The number of anilines is 1. The smallest absolute Gasteiger partial charge is 0.196 e. The van der Waals surface area contributed by atoms with Crippen LogP contribution >= 0.6 is 15.9 Å². The first-order valence-electron chi connectivity index (χ1n) is 7.40. The largest absolute Gasteiger partial charge is 0.384 e. The zero-order valence-electron chi connectivity index (χ0n) is 12.3. The van der Waals surface area contributed by atoms with E-state index in [-0.39, 0.29) is 11.6 Å². The number of benzene rings is 2. The molecule has 0 atom stereocenters. The summed E-state index contributed by atoms with van der Waals surface area (Å²) in [6.07, 6.45) is 2.09. The standard InChI is InChI=1S/C18H16BrNO2/c1-2-3-10-20-14-9-8-13(19)15-16(14)18(22)12-7-5-4-6-11(12)17(15)21/h4-9,20H,2-3,10H2,1H3. The summed E-state index contributed by atoms with van der Waals surface area (Å²) in [7, 11) is 0. The van der Waals surface area contributed by atoms with Crippen LogP contribution in [0, 0.1) is 0 Å². The zero-order chi connectivity index (χ0) is 15.7. The Labute approximate surface area is 137 Å². The second-order valence-electron chi connectivity index (χ2n) is 5.33. The minimum atomic E-state index is -0.101. The maximum atomic E-state index is 12.8. The van der Waals surface area contributed by atoms with E-state index >= 15 is 0 Å². The predicted molar refractivity (Wildman–Crippen MR) is 90.8 cm³/mol. The van der Waals surface area contributed by atoms with Crippen LogP contribution in [-0.4, -0.2) is 18.1 Å². The molecule has 2 aromatic carbocycles. The highest BCUT2D eigenvalue weighted by molar-refractivity contribution is 9.10. The van der Waals surface area contributed by atoms with Crippen LogP contribution in [0.1, 0.15) is 51.6 Å². The Morgan fingerprint density at radius 1 is 0.955 bits per heavy atom. The lowest BCUT2D eigenvalue weighted by molar-refractivity contribution is 0.0979. The van der Waals surface area contributed by atoms with Gasteiger partial charge in [0.15, 0.2) is 11.6 Å². The Bertz CT molecular complexity index is 768. The maximum Gasteiger partial charge on any atom is 0.196 e. The van der Waals surface area contributed by atoms with Crippen LogP contribution in [0.5, 0.6) is 0 Å². The molecule has 0 saturated carbocycles. The molecule has 0 fully saturated rings. The first-order valence-corrected chi connectivity index (χ1v) is 8.19. The minimum absolute atomic E-state index is 0.0921. The number of rotatable bonds is 4. The lowest BCUT2D eigenvalue weighted by Gasteiger charge is -2.21. The molecule has 0 aliphatic heterocycles. The normalized spacial score (nSPS) is 12.8. The van der Waals surface area contributed by atoms with Gasteiger partial charge in [0.2, 0.25) is 0 Å². The molecule has 1 N–H and O–H groups in total. The number of hydrogen-bond acceptors (Lipinski definition) is 3. The zero-order valence-corrected chi connectivity index (χ0v) is 13.9. The molecule has 3 rings (SSSR count). The summed E-state index contributed by atoms with van der Waals surface area (Å²) >= 11 is 3.42. The van der Waals surface area contributed by atoms with Gasteiger partial charge in [0.1, 0.15) is 0 Å². The van der Waals surface area contributed by atoms with Crippen LogP contribution in [0.15, 0.2) is 40.9 Å². The van der Waals surface area contributed by atoms with Gasteiger partial charge < -0.3 is 5.32 Å². The molecule has 0 aromatic heterocycles. The molecule has 4 heteroatoms. The van der Waals surface area contributed by atoms with E-state index in [9.17, 15) is 9.59 Å². The van der Waals surface area contributed by atoms with E-state index < -0.39 is 0 Å². The Hall–Kier alpha value is -1.94. The van der Waals surface area contributed by atoms with E-state index in [4.69, 9.17) is 0 Å². The molecule has 1 aliphatic rings. The summed E-state index contributed by atoms with van der Waals surface area (Å²) in [4.78, 5) is 25.6. The molecule has 0 saturated heterocycles. The first-order chi connectivity index (χ1) is 10.6. The van der Waals surface area contributed by atoms with Crippen LogP contribution in [0.3, 0.4) is 0 Å². The van der Waals surface area contributed by atoms with E-state index in [2.05, 4.69) is 28.2 Å². The summed E-state index contributed by atoms with van der Waals surface area (Å²) in [5, 5.41) is 3.29. The van der Waals surface area contributed by atoms with Crippen molar-refractivity contribution in [2.45, 2.75) is 19.8 Å². The monoisotopic (exact) mass is 357 g/mol. The van der Waals surface area contributed by atoms with Gasteiger partial charge in [0.25, 0.3) is 0 Å². The van der Waals surface area contributed by atoms with Gasteiger partial charge in [-0.05, 0) is 18.6 Å². The molecular weight excluding hydrogens is 342 g/mol. The number of hydrogen-bond donors (Lipinski definition) is 1. The molecule has 0 heterocycles. The molecular formula is C18H16BrNO2. The van der Waals surface area contributed by atoms with Crippen molar-refractivity contribution in [3.63, 3.8) is 0 Å². The van der Waals surface area contributed by atoms with Gasteiger partial charge in [0, 0.05) is 33.4 Å². The van der Waals surface area contributed by atoms with E-state index in [1.165, 1.54) is 0 Å². The number of unbranched alkanes of at least 4 members (excludes halogenated alkanes) is 1. The summed E-state index contributed by atoms with van der Waals surface area (Å²) in [5.41, 5.74) is 2.64. The van der Waals surface area contributed by atoms with Crippen LogP contribution in [0.25, 0.3) is 0 Å². The van der Waals surface area contributed by atoms with Crippen LogP contribution in [0.4, 0.5) is 5.69 Å². The molecule has 0 spiro atoms. The summed E-state index contributed by atoms with van der Waals surface area (Å²) in [5.74, 6) is -0.193. The van der Waals surface area contributed by atoms with Crippen molar-refractivity contribution in [1.82, 2.24) is 0 Å². The van der Waals surface area contributed by atoms with Gasteiger partial charge in [0.05, 0.1) is 5.56 Å². The number of carbonyl (C=O) groups excluding carboxylic acids is 2. The second kappa shape index (κ2) is 6.05. The molecule has 2 aromatic rings. The average molecular weight is 358 g/mol. The van der Waals surface area contributed by atoms with Crippen molar-refractivity contribution in [2.24, 2.45) is 0 Å². The maximum absolute atomic E-state index is 12.8. The Morgan fingerprint density at radius 2 is 1.59 bits per heavy atom. The molecule has 3 nitrogen and oxygen atoms in total. The molecule has 1 aliphatic carbocycles. The molecule has 0 unspecified atom stereocenters. The van der Waals surface area contributed by atoms with Crippen LogP contribution in [-0.2, 0) is 0 Å². The number of fused-ring (bicyclic) bond motifs is 2. The lowest BCUT2D eigenvalue weighted by Crippen LogP contribution is -2.23. The van der Waals surface area contributed by atoms with Gasteiger partial charge in [-0.1, -0.05) is 53.5 Å². The Morgan fingerprint density at radius 3 is 2.23 bits per heavy atom. The average Bonchev–Trinajstić information content (AvgIpc) is 2.54. The fourth-order valence-electron chi connectivity index (χ4n) is 2.73. The fourth-order valence-corrected chi connectivity index (χ4v) is 3.24. The highest BCUT2D eigenvalue weighted by Gasteiger charge is 2.33. The van der Waals surface area contributed by atoms with E-state index in [1.807, 2.05) is 12.1 Å². The SMILES string of the molecule is CCCCNc1ccc(Br)c2c1C(=O)c1ccccc1C2=O. The molecule has 0 amide bonds. The predicted octanol–water partition coefficient (Wildman–Crippen LogP) is 4.44. The second-order valence-corrected chi connectivity index (χ2v) is 6.18. The van der Waals surface area contributed by atoms with E-state index in [0.717, 1.165) is 25.1 Å². The number of carbonyl (C=O) groups is 2. The quantitative estimate of drug-likeness (QED) is 0.702.